The molecule has 0 aliphatic rings. The Balaban J connectivity index is 2.19. The van der Waals surface area contributed by atoms with Gasteiger partial charge in [-0.05, 0) is 45.8 Å². The van der Waals surface area contributed by atoms with Crippen molar-refractivity contribution in [2.75, 3.05) is 30.3 Å². The van der Waals surface area contributed by atoms with Crippen LogP contribution in [0.3, 0.4) is 0 Å². The van der Waals surface area contributed by atoms with E-state index in [0.29, 0.717) is 11.2 Å². The minimum absolute atomic E-state index is 0.218. The van der Waals surface area contributed by atoms with E-state index in [1.165, 1.54) is 0 Å². The SMILES string of the molecule is CCc1cnc2nc(NC(=O)O)cc(NC(C)CCCN(CC)CC)c2n1. The quantitative estimate of drug-likeness (QED) is 0.584. The second-order valence-corrected chi connectivity index (χ2v) is 6.59. The molecule has 0 radical (unpaired) electrons. The zero-order valence-corrected chi connectivity index (χ0v) is 16.6. The Hall–Kier alpha value is -2.48. The lowest BCUT2D eigenvalue weighted by Gasteiger charge is -2.21. The summed E-state index contributed by atoms with van der Waals surface area (Å²) in [6.45, 7) is 11.7. The van der Waals surface area contributed by atoms with Gasteiger partial charge in [0.15, 0.2) is 5.65 Å². The first-order valence-corrected chi connectivity index (χ1v) is 9.62. The molecule has 0 fully saturated rings. The van der Waals surface area contributed by atoms with E-state index in [4.69, 9.17) is 5.11 Å². The summed E-state index contributed by atoms with van der Waals surface area (Å²) in [6.07, 6.45) is 3.39. The van der Waals surface area contributed by atoms with E-state index in [0.717, 1.165) is 50.3 Å². The van der Waals surface area contributed by atoms with Crippen molar-refractivity contribution in [3.05, 3.63) is 18.0 Å². The van der Waals surface area contributed by atoms with Gasteiger partial charge in [-0.3, -0.25) is 5.32 Å². The van der Waals surface area contributed by atoms with Crippen molar-refractivity contribution in [2.45, 2.75) is 53.0 Å². The van der Waals surface area contributed by atoms with Crippen molar-refractivity contribution in [3.63, 3.8) is 0 Å². The number of amides is 1. The topological polar surface area (TPSA) is 103 Å². The fourth-order valence-electron chi connectivity index (χ4n) is 2.99. The van der Waals surface area contributed by atoms with E-state index in [1.54, 1.807) is 12.3 Å². The van der Waals surface area contributed by atoms with Crippen molar-refractivity contribution >= 4 is 28.8 Å². The second kappa shape index (κ2) is 10.0. The van der Waals surface area contributed by atoms with E-state index in [-0.39, 0.29) is 11.9 Å². The highest BCUT2D eigenvalue weighted by atomic mass is 16.4. The van der Waals surface area contributed by atoms with Crippen LogP contribution >= 0.6 is 0 Å². The number of aryl methyl sites for hydroxylation is 1. The second-order valence-electron chi connectivity index (χ2n) is 6.59. The summed E-state index contributed by atoms with van der Waals surface area (Å²) in [5, 5.41) is 14.8. The van der Waals surface area contributed by atoms with E-state index in [2.05, 4.69) is 51.3 Å². The molecule has 0 aliphatic carbocycles. The Morgan fingerprint density at radius 2 is 2.00 bits per heavy atom. The summed E-state index contributed by atoms with van der Waals surface area (Å²) >= 11 is 0. The zero-order valence-electron chi connectivity index (χ0n) is 16.6. The van der Waals surface area contributed by atoms with Gasteiger partial charge < -0.3 is 15.3 Å². The Morgan fingerprint density at radius 3 is 2.63 bits per heavy atom. The molecule has 0 bridgehead atoms. The minimum Gasteiger partial charge on any atom is -0.465 e. The maximum atomic E-state index is 11.0. The molecule has 0 saturated carbocycles. The van der Waals surface area contributed by atoms with Gasteiger partial charge >= 0.3 is 6.09 Å². The molecule has 2 rings (SSSR count). The summed E-state index contributed by atoms with van der Waals surface area (Å²) in [7, 11) is 0. The first-order chi connectivity index (χ1) is 13.0. The van der Waals surface area contributed by atoms with Crippen LogP contribution in [0.25, 0.3) is 11.2 Å². The number of nitrogens with zero attached hydrogens (tertiary/aromatic N) is 4. The van der Waals surface area contributed by atoms with Crippen LogP contribution in [-0.2, 0) is 6.42 Å². The molecular weight excluding hydrogens is 344 g/mol. The van der Waals surface area contributed by atoms with E-state index in [9.17, 15) is 4.79 Å². The molecule has 1 atom stereocenters. The van der Waals surface area contributed by atoms with Crippen LogP contribution in [0.1, 0.15) is 46.2 Å². The number of rotatable bonds is 10. The first kappa shape index (κ1) is 20.8. The third-order valence-corrected chi connectivity index (χ3v) is 4.57. The lowest BCUT2D eigenvalue weighted by Crippen LogP contribution is -2.25. The highest BCUT2D eigenvalue weighted by Gasteiger charge is 2.13. The van der Waals surface area contributed by atoms with Crippen molar-refractivity contribution in [3.8, 4) is 0 Å². The summed E-state index contributed by atoms with van der Waals surface area (Å²) in [5.41, 5.74) is 2.72. The molecule has 0 spiro atoms. The summed E-state index contributed by atoms with van der Waals surface area (Å²) < 4.78 is 0. The van der Waals surface area contributed by atoms with Crippen LogP contribution in [0.4, 0.5) is 16.3 Å². The monoisotopic (exact) mass is 374 g/mol. The summed E-state index contributed by atoms with van der Waals surface area (Å²) in [5.74, 6) is 0.242. The van der Waals surface area contributed by atoms with Gasteiger partial charge in [0.2, 0.25) is 0 Å². The molecule has 8 heteroatoms. The van der Waals surface area contributed by atoms with Gasteiger partial charge in [0.1, 0.15) is 11.3 Å². The fraction of sp³-hybridized carbons (Fsp3) is 0.579. The zero-order chi connectivity index (χ0) is 19.8. The standard InChI is InChI=1S/C19H30N6O2/c1-5-14-12-20-18-17(22-14)15(11-16(23-18)24-19(26)27)21-13(4)9-8-10-25(6-2)7-3/h11-13H,5-10H2,1-4H3,(H,26,27)(H2,20,21,23,24). The minimum atomic E-state index is -1.15. The van der Waals surface area contributed by atoms with Crippen molar-refractivity contribution in [1.29, 1.82) is 0 Å². The highest BCUT2D eigenvalue weighted by molar-refractivity contribution is 5.90. The van der Waals surface area contributed by atoms with Crippen molar-refractivity contribution in [1.82, 2.24) is 19.9 Å². The summed E-state index contributed by atoms with van der Waals surface area (Å²) in [6, 6.07) is 1.90. The molecule has 27 heavy (non-hydrogen) atoms. The van der Waals surface area contributed by atoms with Crippen LogP contribution in [0.2, 0.25) is 0 Å². The predicted molar refractivity (Wildman–Crippen MR) is 108 cm³/mol. The van der Waals surface area contributed by atoms with Gasteiger partial charge in [-0.25, -0.2) is 19.7 Å². The number of carbonyl (C=O) groups is 1. The lowest BCUT2D eigenvalue weighted by atomic mass is 10.1. The number of hydrogen-bond donors (Lipinski definition) is 3. The Morgan fingerprint density at radius 1 is 1.26 bits per heavy atom. The Bertz CT molecular complexity index is 763. The first-order valence-electron chi connectivity index (χ1n) is 9.62. The molecule has 0 aromatic carbocycles. The van der Waals surface area contributed by atoms with Crippen LogP contribution < -0.4 is 10.6 Å². The number of aromatic nitrogens is 3. The Labute approximate surface area is 160 Å². The molecule has 8 nitrogen and oxygen atoms in total. The smallest absolute Gasteiger partial charge is 0.410 e. The molecule has 2 heterocycles. The van der Waals surface area contributed by atoms with Crippen LogP contribution in [0, 0.1) is 0 Å². The normalized spacial score (nSPS) is 12.3. The van der Waals surface area contributed by atoms with E-state index >= 15 is 0 Å². The van der Waals surface area contributed by atoms with Crippen LogP contribution in [0.15, 0.2) is 12.3 Å². The van der Waals surface area contributed by atoms with E-state index in [1.807, 2.05) is 6.92 Å². The predicted octanol–water partition coefficient (Wildman–Crippen LogP) is 3.60. The molecule has 0 aliphatic heterocycles. The average molecular weight is 374 g/mol. The van der Waals surface area contributed by atoms with Crippen molar-refractivity contribution < 1.29 is 9.90 Å². The number of hydrogen-bond acceptors (Lipinski definition) is 6. The largest absolute Gasteiger partial charge is 0.465 e. The molecule has 1 unspecified atom stereocenters. The van der Waals surface area contributed by atoms with E-state index < -0.39 is 6.09 Å². The maximum Gasteiger partial charge on any atom is 0.410 e. The highest BCUT2D eigenvalue weighted by Crippen LogP contribution is 2.24. The molecule has 2 aromatic rings. The van der Waals surface area contributed by atoms with Gasteiger partial charge in [0, 0.05) is 12.1 Å². The molecule has 148 valence electrons. The number of fused-ring (bicyclic) bond motifs is 1. The third kappa shape index (κ3) is 6.02. The Kier molecular flexibility index (Phi) is 7.72. The van der Waals surface area contributed by atoms with Crippen molar-refractivity contribution in [2.24, 2.45) is 0 Å². The van der Waals surface area contributed by atoms with Gasteiger partial charge in [-0.1, -0.05) is 20.8 Å². The molecule has 1 amide bonds. The molecule has 3 N–H and O–H groups in total. The third-order valence-electron chi connectivity index (χ3n) is 4.57. The van der Waals surface area contributed by atoms with Gasteiger partial charge in [-0.2, -0.15) is 0 Å². The maximum absolute atomic E-state index is 11.0. The molecule has 2 aromatic heterocycles. The lowest BCUT2D eigenvalue weighted by molar-refractivity contribution is 0.209. The van der Waals surface area contributed by atoms with Gasteiger partial charge in [0.05, 0.1) is 17.6 Å². The summed E-state index contributed by atoms with van der Waals surface area (Å²) in [4.78, 5) is 26.6. The number of pyridine rings is 1. The number of carboxylic acid groups (broad SMARTS) is 1. The average Bonchev–Trinajstić information content (AvgIpc) is 2.64. The van der Waals surface area contributed by atoms with Crippen LogP contribution in [-0.4, -0.2) is 56.7 Å². The van der Waals surface area contributed by atoms with Crippen LogP contribution in [0.5, 0.6) is 0 Å². The molecular formula is C19H30N6O2. The number of nitrogens with one attached hydrogen (secondary N) is 2. The van der Waals surface area contributed by atoms with Gasteiger partial charge in [0.25, 0.3) is 0 Å². The van der Waals surface area contributed by atoms with Gasteiger partial charge in [-0.15, -0.1) is 0 Å². The fourth-order valence-corrected chi connectivity index (χ4v) is 2.99. The number of anilines is 2. The molecule has 0 saturated heterocycles.